The van der Waals surface area contributed by atoms with Gasteiger partial charge in [0.1, 0.15) is 0 Å². The van der Waals surface area contributed by atoms with Crippen molar-refractivity contribution >= 4 is 27.5 Å². The fourth-order valence-corrected chi connectivity index (χ4v) is 3.15. The highest BCUT2D eigenvalue weighted by atomic mass is 79.9. The highest BCUT2D eigenvalue weighted by molar-refractivity contribution is 9.10. The molecule has 0 aliphatic heterocycles. The van der Waals surface area contributed by atoms with Crippen LogP contribution in [0.3, 0.4) is 0 Å². The van der Waals surface area contributed by atoms with Crippen LogP contribution in [0.4, 0.5) is 0 Å². The molecule has 0 aliphatic carbocycles. The van der Waals surface area contributed by atoms with Gasteiger partial charge in [0.05, 0.1) is 15.9 Å². The minimum Gasteiger partial charge on any atom is -0.310 e. The van der Waals surface area contributed by atoms with Crippen LogP contribution in [0, 0.1) is 13.8 Å². The Labute approximate surface area is 139 Å². The van der Waals surface area contributed by atoms with Crippen molar-refractivity contribution in [2.24, 2.45) is 7.05 Å². The first kappa shape index (κ1) is 16.5. The highest BCUT2D eigenvalue weighted by Crippen LogP contribution is 2.27. The second-order valence-electron chi connectivity index (χ2n) is 5.29. The number of benzene rings is 1. The van der Waals surface area contributed by atoms with E-state index >= 15 is 0 Å². The van der Waals surface area contributed by atoms with E-state index in [1.165, 1.54) is 11.3 Å². The summed E-state index contributed by atoms with van der Waals surface area (Å²) in [6, 6.07) is 6.48. The van der Waals surface area contributed by atoms with Gasteiger partial charge < -0.3 is 5.32 Å². The van der Waals surface area contributed by atoms with Crippen LogP contribution in [0.25, 0.3) is 0 Å². The van der Waals surface area contributed by atoms with E-state index in [4.69, 9.17) is 11.6 Å². The molecule has 3 nitrogen and oxygen atoms in total. The van der Waals surface area contributed by atoms with Gasteiger partial charge in [0.25, 0.3) is 0 Å². The van der Waals surface area contributed by atoms with Crippen molar-refractivity contribution in [1.82, 2.24) is 15.1 Å². The summed E-state index contributed by atoms with van der Waals surface area (Å²) in [5, 5.41) is 8.83. The average molecular weight is 371 g/mol. The molecule has 1 aromatic carbocycles. The predicted octanol–water partition coefficient (Wildman–Crippen LogP) is 4.35. The smallest absolute Gasteiger partial charge is 0.0738 e. The summed E-state index contributed by atoms with van der Waals surface area (Å²) in [5.74, 6) is 0. The molecule has 1 heterocycles. The number of aryl methyl sites for hydroxylation is 3. The standard InChI is InChI=1S/C16H21BrClN3/c1-5-19-14(12-6-7-13(18)10(2)8-12)9-15-16(17)11(3)20-21(15)4/h6-8,14,19H,5,9H2,1-4H3. The molecule has 0 amide bonds. The molecule has 1 atom stereocenters. The molecule has 0 spiro atoms. The van der Waals surface area contributed by atoms with E-state index in [0.29, 0.717) is 0 Å². The number of nitrogens with one attached hydrogen (secondary N) is 1. The Morgan fingerprint density at radius 3 is 2.62 bits per heavy atom. The molecule has 0 saturated carbocycles. The van der Waals surface area contributed by atoms with Crippen LogP contribution in [-0.2, 0) is 13.5 Å². The number of nitrogens with zero attached hydrogens (tertiary/aromatic N) is 2. The van der Waals surface area contributed by atoms with Gasteiger partial charge in [-0.25, -0.2) is 0 Å². The van der Waals surface area contributed by atoms with Crippen LogP contribution in [0.2, 0.25) is 5.02 Å². The molecule has 21 heavy (non-hydrogen) atoms. The van der Waals surface area contributed by atoms with Gasteiger partial charge in [0.2, 0.25) is 0 Å². The molecule has 1 unspecified atom stereocenters. The maximum absolute atomic E-state index is 6.13. The van der Waals surface area contributed by atoms with Crippen molar-refractivity contribution in [1.29, 1.82) is 0 Å². The van der Waals surface area contributed by atoms with Crippen molar-refractivity contribution in [3.63, 3.8) is 0 Å². The van der Waals surface area contributed by atoms with E-state index in [0.717, 1.165) is 33.7 Å². The molecule has 0 saturated heterocycles. The Balaban J connectivity index is 2.32. The number of aromatic nitrogens is 2. The largest absolute Gasteiger partial charge is 0.310 e. The zero-order valence-electron chi connectivity index (χ0n) is 12.9. The molecule has 2 aromatic rings. The lowest BCUT2D eigenvalue weighted by molar-refractivity contribution is 0.527. The first-order valence-corrected chi connectivity index (χ1v) is 8.28. The lowest BCUT2D eigenvalue weighted by atomic mass is 10.00. The Bertz CT molecular complexity index is 637. The molecular formula is C16H21BrClN3. The van der Waals surface area contributed by atoms with Crippen LogP contribution >= 0.6 is 27.5 Å². The van der Waals surface area contributed by atoms with E-state index in [1.54, 1.807) is 0 Å². The molecule has 1 N–H and O–H groups in total. The minimum atomic E-state index is 0.247. The van der Waals surface area contributed by atoms with Gasteiger partial charge in [-0.3, -0.25) is 4.68 Å². The maximum Gasteiger partial charge on any atom is 0.0738 e. The van der Waals surface area contributed by atoms with E-state index < -0.39 is 0 Å². The number of hydrogen-bond donors (Lipinski definition) is 1. The predicted molar refractivity (Wildman–Crippen MR) is 92.0 cm³/mol. The SMILES string of the molecule is CCNC(Cc1c(Br)c(C)nn1C)c1ccc(Cl)c(C)c1. The maximum atomic E-state index is 6.13. The van der Waals surface area contributed by atoms with Crippen LogP contribution in [0.1, 0.15) is 35.5 Å². The third-order valence-corrected chi connectivity index (χ3v) is 5.15. The van der Waals surface area contributed by atoms with Gasteiger partial charge >= 0.3 is 0 Å². The fourth-order valence-electron chi connectivity index (χ4n) is 2.53. The van der Waals surface area contributed by atoms with Gasteiger partial charge in [-0.2, -0.15) is 5.10 Å². The molecule has 114 valence electrons. The number of halogens is 2. The summed E-state index contributed by atoms with van der Waals surface area (Å²) in [6.07, 6.45) is 0.882. The third-order valence-electron chi connectivity index (χ3n) is 3.69. The van der Waals surface area contributed by atoms with Crippen molar-refractivity contribution in [2.45, 2.75) is 33.2 Å². The van der Waals surface area contributed by atoms with E-state index in [9.17, 15) is 0 Å². The second kappa shape index (κ2) is 6.95. The van der Waals surface area contributed by atoms with E-state index in [1.807, 2.05) is 31.6 Å². The van der Waals surface area contributed by atoms with E-state index in [-0.39, 0.29) is 6.04 Å². The van der Waals surface area contributed by atoms with Crippen molar-refractivity contribution < 1.29 is 0 Å². The fraction of sp³-hybridized carbons (Fsp3) is 0.438. The van der Waals surface area contributed by atoms with E-state index in [2.05, 4.69) is 45.4 Å². The Morgan fingerprint density at radius 1 is 1.38 bits per heavy atom. The molecule has 1 aromatic heterocycles. The molecule has 2 rings (SSSR count). The van der Waals surface area contributed by atoms with Crippen molar-refractivity contribution in [3.8, 4) is 0 Å². The molecule has 0 aliphatic rings. The summed E-state index contributed by atoms with van der Waals surface area (Å²) in [5.41, 5.74) is 4.59. The Hall–Kier alpha value is -0.840. The molecule has 0 bridgehead atoms. The zero-order chi connectivity index (χ0) is 15.6. The van der Waals surface area contributed by atoms with Gasteiger partial charge in [0.15, 0.2) is 0 Å². The Kier molecular flexibility index (Phi) is 5.47. The number of hydrogen-bond acceptors (Lipinski definition) is 2. The first-order chi connectivity index (χ1) is 9.93. The summed E-state index contributed by atoms with van der Waals surface area (Å²) in [4.78, 5) is 0. The van der Waals surface area contributed by atoms with Crippen molar-refractivity contribution in [3.05, 3.63) is 50.2 Å². The van der Waals surface area contributed by atoms with Crippen molar-refractivity contribution in [2.75, 3.05) is 6.54 Å². The normalized spacial score (nSPS) is 12.7. The molecule has 0 fully saturated rings. The average Bonchev–Trinajstić information content (AvgIpc) is 2.68. The van der Waals surface area contributed by atoms with Gasteiger partial charge in [-0.05, 0) is 53.5 Å². The zero-order valence-corrected chi connectivity index (χ0v) is 15.2. The summed E-state index contributed by atoms with van der Waals surface area (Å²) in [6.45, 7) is 7.10. The lowest BCUT2D eigenvalue weighted by Gasteiger charge is -2.19. The first-order valence-electron chi connectivity index (χ1n) is 7.11. The van der Waals surface area contributed by atoms with Crippen LogP contribution < -0.4 is 5.32 Å². The van der Waals surface area contributed by atoms with Gasteiger partial charge in [0, 0.05) is 24.5 Å². The second-order valence-corrected chi connectivity index (χ2v) is 6.49. The van der Waals surface area contributed by atoms with Crippen LogP contribution in [0.5, 0.6) is 0 Å². The van der Waals surface area contributed by atoms with Gasteiger partial charge in [-0.1, -0.05) is 30.7 Å². The molecule has 5 heteroatoms. The summed E-state index contributed by atoms with van der Waals surface area (Å²) < 4.78 is 3.05. The van der Waals surface area contributed by atoms with Crippen LogP contribution in [0.15, 0.2) is 22.7 Å². The lowest BCUT2D eigenvalue weighted by Crippen LogP contribution is -2.24. The van der Waals surface area contributed by atoms with Gasteiger partial charge in [-0.15, -0.1) is 0 Å². The monoisotopic (exact) mass is 369 g/mol. The summed E-state index contributed by atoms with van der Waals surface area (Å²) >= 11 is 9.78. The minimum absolute atomic E-state index is 0.247. The Morgan fingerprint density at radius 2 is 2.10 bits per heavy atom. The topological polar surface area (TPSA) is 29.9 Å². The van der Waals surface area contributed by atoms with Crippen LogP contribution in [-0.4, -0.2) is 16.3 Å². The summed E-state index contributed by atoms with van der Waals surface area (Å²) in [7, 11) is 1.99. The highest BCUT2D eigenvalue weighted by Gasteiger charge is 2.18. The quantitative estimate of drug-likeness (QED) is 0.848. The third kappa shape index (κ3) is 3.68. The number of rotatable bonds is 5. The molecular weight excluding hydrogens is 350 g/mol. The number of likely N-dealkylation sites (N-methyl/N-ethyl adjacent to an activating group) is 1. The molecule has 0 radical (unpaired) electrons.